The average molecular weight is 244 g/mol. The number of ether oxygens (including phenoxy) is 1. The molecule has 0 aromatic heterocycles. The Hall–Kier alpha value is -1.18. The van der Waals surface area contributed by atoms with Crippen LogP contribution in [-0.4, -0.2) is 58.6 Å². The van der Waals surface area contributed by atoms with Crippen molar-refractivity contribution in [2.45, 2.75) is 31.8 Å². The molecule has 4 atom stereocenters. The first-order valence-electron chi connectivity index (χ1n) is 5.58. The molecule has 2 aliphatic heterocycles. The highest BCUT2D eigenvalue weighted by Crippen LogP contribution is 2.25. The fourth-order valence-electron chi connectivity index (χ4n) is 2.08. The predicted octanol–water partition coefficient (Wildman–Crippen LogP) is -1.36. The fourth-order valence-corrected chi connectivity index (χ4v) is 2.08. The predicted molar refractivity (Wildman–Crippen MR) is 55.8 cm³/mol. The Morgan fingerprint density at radius 3 is 2.82 bits per heavy atom. The van der Waals surface area contributed by atoms with Gasteiger partial charge in [-0.25, -0.2) is 4.79 Å². The summed E-state index contributed by atoms with van der Waals surface area (Å²) < 4.78 is 5.37. The second kappa shape index (κ2) is 4.59. The van der Waals surface area contributed by atoms with Crippen molar-refractivity contribution >= 4 is 11.9 Å². The number of nitrogens with one attached hydrogen (secondary N) is 1. The van der Waals surface area contributed by atoms with Crippen molar-refractivity contribution in [2.24, 2.45) is 5.92 Å². The summed E-state index contributed by atoms with van der Waals surface area (Å²) in [7, 11) is 0. The van der Waals surface area contributed by atoms with Gasteiger partial charge in [0.05, 0.1) is 18.6 Å². The van der Waals surface area contributed by atoms with Crippen molar-refractivity contribution in [2.75, 3.05) is 13.2 Å². The van der Waals surface area contributed by atoms with Crippen LogP contribution in [0.3, 0.4) is 0 Å². The van der Waals surface area contributed by atoms with Crippen LogP contribution in [0.25, 0.3) is 0 Å². The lowest BCUT2D eigenvalue weighted by atomic mass is 10.1. The highest BCUT2D eigenvalue weighted by molar-refractivity contribution is 5.97. The molecule has 0 aromatic rings. The van der Waals surface area contributed by atoms with Gasteiger partial charge in [-0.2, -0.15) is 0 Å². The number of carbonyl (C=O) groups is 2. The molecular formula is C10H16N2O5. The maximum Gasteiger partial charge on any atom is 0.326 e. The number of rotatable bonds is 2. The van der Waals surface area contributed by atoms with Crippen molar-refractivity contribution in [1.29, 1.82) is 0 Å². The zero-order chi connectivity index (χ0) is 12.6. The van der Waals surface area contributed by atoms with Crippen LogP contribution in [0.4, 0.5) is 4.79 Å². The van der Waals surface area contributed by atoms with Crippen LogP contribution in [0.15, 0.2) is 0 Å². The van der Waals surface area contributed by atoms with Gasteiger partial charge in [0.1, 0.15) is 12.3 Å². The zero-order valence-electron chi connectivity index (χ0n) is 9.50. The standard InChI is InChI=1S/C10H16N2O5/c1-5-3-12(10(16)11-9(5)15)8-2-6(14)7(4-13)17-8/h5-8,13-14H,2-4H2,1H3,(H,11,15,16)/t5?,6-,7+,8+/m1/s1. The highest BCUT2D eigenvalue weighted by atomic mass is 16.5. The quantitative estimate of drug-likeness (QED) is 0.557. The van der Waals surface area contributed by atoms with Crippen LogP contribution in [0.2, 0.25) is 0 Å². The van der Waals surface area contributed by atoms with Gasteiger partial charge in [0.15, 0.2) is 0 Å². The molecule has 0 radical (unpaired) electrons. The summed E-state index contributed by atoms with van der Waals surface area (Å²) >= 11 is 0. The lowest BCUT2D eigenvalue weighted by Crippen LogP contribution is -2.57. The summed E-state index contributed by atoms with van der Waals surface area (Å²) in [4.78, 5) is 24.2. The summed E-state index contributed by atoms with van der Waals surface area (Å²) in [5, 5.41) is 20.8. The highest BCUT2D eigenvalue weighted by Gasteiger charge is 2.41. The summed E-state index contributed by atoms with van der Waals surface area (Å²) in [6.07, 6.45) is -1.79. The topological polar surface area (TPSA) is 99.1 Å². The molecule has 2 fully saturated rings. The number of hydrogen-bond acceptors (Lipinski definition) is 5. The van der Waals surface area contributed by atoms with Gasteiger partial charge in [0.2, 0.25) is 5.91 Å². The van der Waals surface area contributed by atoms with Crippen molar-refractivity contribution in [3.8, 4) is 0 Å². The lowest BCUT2D eigenvalue weighted by Gasteiger charge is -2.34. The number of amides is 3. The molecule has 7 heteroatoms. The number of hydrogen-bond donors (Lipinski definition) is 3. The van der Waals surface area contributed by atoms with Crippen LogP contribution >= 0.6 is 0 Å². The number of imide groups is 1. The molecule has 96 valence electrons. The molecule has 0 bridgehead atoms. The van der Waals surface area contributed by atoms with Crippen LogP contribution in [0.5, 0.6) is 0 Å². The van der Waals surface area contributed by atoms with Crippen LogP contribution in [0.1, 0.15) is 13.3 Å². The van der Waals surface area contributed by atoms with Crippen LogP contribution in [-0.2, 0) is 9.53 Å². The normalized spacial score (nSPS) is 38.4. The maximum absolute atomic E-state index is 11.6. The van der Waals surface area contributed by atoms with E-state index in [0.29, 0.717) is 0 Å². The number of urea groups is 1. The van der Waals surface area contributed by atoms with Gasteiger partial charge in [-0.1, -0.05) is 6.92 Å². The summed E-state index contributed by atoms with van der Waals surface area (Å²) in [5.41, 5.74) is 0. The van der Waals surface area contributed by atoms with Gasteiger partial charge >= 0.3 is 6.03 Å². The second-order valence-electron chi connectivity index (χ2n) is 4.46. The van der Waals surface area contributed by atoms with E-state index in [1.54, 1.807) is 6.92 Å². The Kier molecular flexibility index (Phi) is 3.32. The van der Waals surface area contributed by atoms with Crippen molar-refractivity contribution in [3.63, 3.8) is 0 Å². The molecule has 2 rings (SSSR count). The summed E-state index contributed by atoms with van der Waals surface area (Å²) in [6, 6.07) is -0.510. The average Bonchev–Trinajstić information content (AvgIpc) is 2.65. The zero-order valence-corrected chi connectivity index (χ0v) is 9.50. The van der Waals surface area contributed by atoms with Crippen LogP contribution < -0.4 is 5.32 Å². The van der Waals surface area contributed by atoms with Gasteiger partial charge in [0.25, 0.3) is 0 Å². The Balaban J connectivity index is 2.03. The minimum Gasteiger partial charge on any atom is -0.394 e. The van der Waals surface area contributed by atoms with Crippen molar-refractivity contribution < 1.29 is 24.5 Å². The molecule has 0 aromatic carbocycles. The van der Waals surface area contributed by atoms with Gasteiger partial charge in [-0.05, 0) is 0 Å². The molecule has 3 N–H and O–H groups in total. The summed E-state index contributed by atoms with van der Waals surface area (Å²) in [5.74, 6) is -0.606. The molecule has 1 unspecified atom stereocenters. The Labute approximate surface area is 98.3 Å². The molecule has 2 saturated heterocycles. The molecule has 2 heterocycles. The van der Waals surface area contributed by atoms with Gasteiger partial charge < -0.3 is 14.9 Å². The minimum atomic E-state index is -0.786. The SMILES string of the molecule is CC1CN([C@@H]2C[C@@H](O)[C@H](CO)O2)C(=O)NC1=O. The Morgan fingerprint density at radius 2 is 2.24 bits per heavy atom. The molecule has 17 heavy (non-hydrogen) atoms. The van der Waals surface area contributed by atoms with Crippen molar-refractivity contribution in [1.82, 2.24) is 10.2 Å². The van der Waals surface area contributed by atoms with Gasteiger partial charge in [-0.15, -0.1) is 0 Å². The number of aliphatic hydroxyl groups is 2. The second-order valence-corrected chi connectivity index (χ2v) is 4.46. The van der Waals surface area contributed by atoms with E-state index >= 15 is 0 Å². The lowest BCUT2D eigenvalue weighted by molar-refractivity contribution is -0.128. The smallest absolute Gasteiger partial charge is 0.326 e. The molecule has 3 amide bonds. The molecular weight excluding hydrogens is 228 g/mol. The molecule has 2 aliphatic rings. The van der Waals surface area contributed by atoms with Crippen LogP contribution in [0, 0.1) is 5.92 Å². The van der Waals surface area contributed by atoms with Crippen molar-refractivity contribution in [3.05, 3.63) is 0 Å². The van der Waals surface area contributed by atoms with Gasteiger partial charge in [0, 0.05) is 13.0 Å². The van der Waals surface area contributed by atoms with E-state index in [1.807, 2.05) is 0 Å². The van der Waals surface area contributed by atoms with E-state index in [1.165, 1.54) is 4.90 Å². The van der Waals surface area contributed by atoms with E-state index in [2.05, 4.69) is 5.32 Å². The molecule has 0 spiro atoms. The van der Waals surface area contributed by atoms with E-state index < -0.39 is 24.5 Å². The Bertz CT molecular complexity index is 335. The maximum atomic E-state index is 11.6. The monoisotopic (exact) mass is 244 g/mol. The van der Waals surface area contributed by atoms with E-state index in [0.717, 1.165) is 0 Å². The van der Waals surface area contributed by atoms with E-state index in [4.69, 9.17) is 9.84 Å². The molecule has 0 saturated carbocycles. The third kappa shape index (κ3) is 2.26. The third-order valence-corrected chi connectivity index (χ3v) is 3.14. The first-order chi connectivity index (χ1) is 8.02. The van der Waals surface area contributed by atoms with E-state index in [9.17, 15) is 14.7 Å². The molecule has 7 nitrogen and oxygen atoms in total. The fraction of sp³-hybridized carbons (Fsp3) is 0.800. The Morgan fingerprint density at radius 1 is 1.53 bits per heavy atom. The first kappa shape index (κ1) is 12.3. The number of aliphatic hydroxyl groups excluding tert-OH is 2. The number of carbonyl (C=O) groups excluding carboxylic acids is 2. The summed E-state index contributed by atoms with van der Waals surface area (Å²) in [6.45, 7) is 1.69. The minimum absolute atomic E-state index is 0.250. The molecule has 0 aliphatic carbocycles. The van der Waals surface area contributed by atoms with E-state index in [-0.39, 0.29) is 31.4 Å². The first-order valence-corrected chi connectivity index (χ1v) is 5.58. The third-order valence-electron chi connectivity index (χ3n) is 3.14. The van der Waals surface area contributed by atoms with Gasteiger partial charge in [-0.3, -0.25) is 15.0 Å². The largest absolute Gasteiger partial charge is 0.394 e. The number of nitrogens with zero attached hydrogens (tertiary/aromatic N) is 1.